The monoisotopic (exact) mass is 250 g/mol. The Morgan fingerprint density at radius 3 is 2.86 bits per heavy atom. The summed E-state index contributed by atoms with van der Waals surface area (Å²) in [6.45, 7) is 2.57. The van der Waals surface area contributed by atoms with Crippen LogP contribution in [0.3, 0.4) is 0 Å². The average molecular weight is 251 g/mol. The summed E-state index contributed by atoms with van der Waals surface area (Å²) >= 11 is 3.45. The van der Waals surface area contributed by atoms with Crippen LogP contribution in [0, 0.1) is 6.92 Å². The number of benzene rings is 1. The number of nitrogens with two attached hydrogens (primary N) is 1. The number of halogens is 1. The lowest BCUT2D eigenvalue weighted by Crippen LogP contribution is -2.00. The molecule has 0 radical (unpaired) electrons. The maximum absolute atomic E-state index is 5.57. The number of hydrogen-bond donors (Lipinski definition) is 1. The van der Waals surface area contributed by atoms with Gasteiger partial charge in [-0.3, -0.25) is 4.98 Å². The van der Waals surface area contributed by atoms with Crippen molar-refractivity contribution in [1.29, 1.82) is 0 Å². The molecule has 72 valence electrons. The first kappa shape index (κ1) is 9.62. The first-order valence-corrected chi connectivity index (χ1v) is 5.26. The maximum atomic E-state index is 5.57. The zero-order chi connectivity index (χ0) is 10.1. The molecule has 0 spiro atoms. The summed E-state index contributed by atoms with van der Waals surface area (Å²) in [4.78, 5) is 4.45. The molecule has 2 N–H and O–H groups in total. The highest BCUT2D eigenvalue weighted by atomic mass is 79.9. The third-order valence-corrected chi connectivity index (χ3v) is 2.73. The maximum Gasteiger partial charge on any atom is 0.0709 e. The molecule has 2 nitrogen and oxygen atoms in total. The summed E-state index contributed by atoms with van der Waals surface area (Å²) in [5, 5.41) is 1.18. The van der Waals surface area contributed by atoms with Crippen LogP contribution >= 0.6 is 15.9 Å². The van der Waals surface area contributed by atoms with Gasteiger partial charge in [0, 0.05) is 16.4 Å². The number of pyridine rings is 1. The minimum absolute atomic E-state index is 0.493. The Kier molecular flexibility index (Phi) is 2.52. The van der Waals surface area contributed by atoms with E-state index in [2.05, 4.69) is 33.9 Å². The van der Waals surface area contributed by atoms with Gasteiger partial charge in [-0.15, -0.1) is 0 Å². The van der Waals surface area contributed by atoms with Crippen molar-refractivity contribution in [2.75, 3.05) is 0 Å². The van der Waals surface area contributed by atoms with Crippen molar-refractivity contribution in [3.8, 4) is 0 Å². The van der Waals surface area contributed by atoms with Gasteiger partial charge in [0.25, 0.3) is 0 Å². The molecule has 0 aliphatic rings. The number of aryl methyl sites for hydroxylation is 1. The molecular formula is C11H11BrN2. The van der Waals surface area contributed by atoms with Crippen molar-refractivity contribution in [3.63, 3.8) is 0 Å². The van der Waals surface area contributed by atoms with Crippen LogP contribution in [0.2, 0.25) is 0 Å². The Hall–Kier alpha value is -0.930. The molecule has 2 rings (SSSR count). The molecule has 0 fully saturated rings. The van der Waals surface area contributed by atoms with Gasteiger partial charge in [0.2, 0.25) is 0 Å². The van der Waals surface area contributed by atoms with Crippen LogP contribution in [-0.2, 0) is 6.54 Å². The molecule has 0 amide bonds. The molecule has 14 heavy (non-hydrogen) atoms. The Balaban J connectivity index is 2.76. The SMILES string of the molecule is Cc1cc(CN)nc2ccc(Br)cc12. The number of fused-ring (bicyclic) bond motifs is 1. The van der Waals surface area contributed by atoms with E-state index in [1.54, 1.807) is 0 Å². The van der Waals surface area contributed by atoms with E-state index in [9.17, 15) is 0 Å². The lowest BCUT2D eigenvalue weighted by molar-refractivity contribution is 1.00. The number of aromatic nitrogens is 1. The zero-order valence-electron chi connectivity index (χ0n) is 7.92. The first-order chi connectivity index (χ1) is 6.70. The van der Waals surface area contributed by atoms with Crippen molar-refractivity contribution in [3.05, 3.63) is 40.0 Å². The van der Waals surface area contributed by atoms with Crippen LogP contribution in [-0.4, -0.2) is 4.98 Å². The van der Waals surface area contributed by atoms with Gasteiger partial charge in [0.05, 0.1) is 11.2 Å². The summed E-state index contributed by atoms with van der Waals surface area (Å²) in [6, 6.07) is 8.12. The van der Waals surface area contributed by atoms with Crippen molar-refractivity contribution in [2.45, 2.75) is 13.5 Å². The molecule has 0 saturated heterocycles. The van der Waals surface area contributed by atoms with Crippen molar-refractivity contribution in [2.24, 2.45) is 5.73 Å². The van der Waals surface area contributed by atoms with Crippen LogP contribution < -0.4 is 5.73 Å². The third kappa shape index (κ3) is 1.65. The Labute approximate surface area is 91.3 Å². The fourth-order valence-corrected chi connectivity index (χ4v) is 1.90. The Bertz CT molecular complexity index is 480. The summed E-state index contributed by atoms with van der Waals surface area (Å²) in [5.41, 5.74) is 8.74. The normalized spacial score (nSPS) is 10.8. The van der Waals surface area contributed by atoms with Gasteiger partial charge < -0.3 is 5.73 Å². The summed E-state index contributed by atoms with van der Waals surface area (Å²) < 4.78 is 1.08. The first-order valence-electron chi connectivity index (χ1n) is 4.46. The van der Waals surface area contributed by atoms with E-state index in [0.29, 0.717) is 6.54 Å². The van der Waals surface area contributed by atoms with Gasteiger partial charge in [-0.1, -0.05) is 15.9 Å². The summed E-state index contributed by atoms with van der Waals surface area (Å²) in [7, 11) is 0. The second-order valence-corrected chi connectivity index (χ2v) is 4.21. The number of rotatable bonds is 1. The summed E-state index contributed by atoms with van der Waals surface area (Å²) in [6.07, 6.45) is 0. The Morgan fingerprint density at radius 1 is 1.36 bits per heavy atom. The topological polar surface area (TPSA) is 38.9 Å². The fraction of sp³-hybridized carbons (Fsp3) is 0.182. The second kappa shape index (κ2) is 3.67. The predicted octanol–water partition coefficient (Wildman–Crippen LogP) is 2.76. The predicted molar refractivity (Wildman–Crippen MR) is 62.1 cm³/mol. The molecule has 1 heterocycles. The molecule has 1 aromatic carbocycles. The quantitative estimate of drug-likeness (QED) is 0.846. The molecule has 3 heteroatoms. The second-order valence-electron chi connectivity index (χ2n) is 3.30. The number of hydrogen-bond acceptors (Lipinski definition) is 2. The molecule has 1 aromatic heterocycles. The smallest absolute Gasteiger partial charge is 0.0709 e. The van der Waals surface area contributed by atoms with Crippen molar-refractivity contribution < 1.29 is 0 Å². The molecule has 0 atom stereocenters. The van der Waals surface area contributed by atoms with Gasteiger partial charge in [-0.25, -0.2) is 0 Å². The van der Waals surface area contributed by atoms with Crippen molar-refractivity contribution >= 4 is 26.8 Å². The fourth-order valence-electron chi connectivity index (χ4n) is 1.54. The van der Waals surface area contributed by atoms with Crippen LogP contribution in [0.4, 0.5) is 0 Å². The van der Waals surface area contributed by atoms with E-state index in [-0.39, 0.29) is 0 Å². The number of nitrogens with zero attached hydrogens (tertiary/aromatic N) is 1. The van der Waals surface area contributed by atoms with E-state index >= 15 is 0 Å². The molecule has 2 aromatic rings. The average Bonchev–Trinajstić information content (AvgIpc) is 2.19. The van der Waals surface area contributed by atoms with E-state index in [0.717, 1.165) is 15.7 Å². The van der Waals surface area contributed by atoms with E-state index < -0.39 is 0 Å². The van der Waals surface area contributed by atoms with Crippen molar-refractivity contribution in [1.82, 2.24) is 4.98 Å². The lowest BCUT2D eigenvalue weighted by atomic mass is 10.1. The molecule has 0 aliphatic carbocycles. The third-order valence-electron chi connectivity index (χ3n) is 2.24. The largest absolute Gasteiger partial charge is 0.325 e. The van der Waals surface area contributed by atoms with Crippen LogP contribution in [0.25, 0.3) is 10.9 Å². The molecule has 0 unspecified atom stereocenters. The van der Waals surface area contributed by atoms with E-state index in [1.807, 2.05) is 18.2 Å². The molecular weight excluding hydrogens is 240 g/mol. The molecule has 0 bridgehead atoms. The molecule has 0 aliphatic heterocycles. The van der Waals surface area contributed by atoms with E-state index in [4.69, 9.17) is 5.73 Å². The highest BCUT2D eigenvalue weighted by Gasteiger charge is 2.01. The van der Waals surface area contributed by atoms with Crippen LogP contribution in [0.1, 0.15) is 11.3 Å². The van der Waals surface area contributed by atoms with E-state index in [1.165, 1.54) is 10.9 Å². The summed E-state index contributed by atoms with van der Waals surface area (Å²) in [5.74, 6) is 0. The molecule has 0 saturated carbocycles. The minimum atomic E-state index is 0.493. The van der Waals surface area contributed by atoms with Gasteiger partial charge in [0.15, 0.2) is 0 Å². The Morgan fingerprint density at radius 2 is 2.14 bits per heavy atom. The highest BCUT2D eigenvalue weighted by Crippen LogP contribution is 2.21. The van der Waals surface area contributed by atoms with Crippen LogP contribution in [0.5, 0.6) is 0 Å². The van der Waals surface area contributed by atoms with Gasteiger partial charge in [-0.2, -0.15) is 0 Å². The lowest BCUT2D eigenvalue weighted by Gasteiger charge is -2.04. The zero-order valence-corrected chi connectivity index (χ0v) is 9.51. The van der Waals surface area contributed by atoms with Gasteiger partial charge in [0.1, 0.15) is 0 Å². The van der Waals surface area contributed by atoms with Gasteiger partial charge in [-0.05, 0) is 36.8 Å². The standard InChI is InChI=1S/C11H11BrN2/c1-7-4-9(6-13)14-11-3-2-8(12)5-10(7)11/h2-5H,6,13H2,1H3. The minimum Gasteiger partial charge on any atom is -0.325 e. The highest BCUT2D eigenvalue weighted by molar-refractivity contribution is 9.10. The van der Waals surface area contributed by atoms with Gasteiger partial charge >= 0.3 is 0 Å². The van der Waals surface area contributed by atoms with Crippen LogP contribution in [0.15, 0.2) is 28.7 Å².